The van der Waals surface area contributed by atoms with E-state index in [-0.39, 0.29) is 23.4 Å². The van der Waals surface area contributed by atoms with Crippen molar-refractivity contribution in [2.45, 2.75) is 19.8 Å². The van der Waals surface area contributed by atoms with E-state index in [2.05, 4.69) is 0 Å². The predicted octanol–water partition coefficient (Wildman–Crippen LogP) is 5.10. The lowest BCUT2D eigenvalue weighted by Gasteiger charge is -2.32. The molecule has 1 N–H and O–H groups in total. The SMILES string of the molecule is Cc1ccc(C(=O)N2CCC[C@@H](C(=O)c3ccc(-c4ccccc4)cc3)C2)cc1O. The van der Waals surface area contributed by atoms with Crippen LogP contribution < -0.4 is 0 Å². The zero-order valence-electron chi connectivity index (χ0n) is 17.0. The minimum Gasteiger partial charge on any atom is -0.508 e. The topological polar surface area (TPSA) is 57.6 Å². The molecular weight excluding hydrogens is 374 g/mol. The molecule has 30 heavy (non-hydrogen) atoms. The zero-order chi connectivity index (χ0) is 21.1. The molecule has 1 aliphatic heterocycles. The summed E-state index contributed by atoms with van der Waals surface area (Å²) >= 11 is 0. The van der Waals surface area contributed by atoms with Crippen molar-refractivity contribution in [3.05, 3.63) is 89.5 Å². The quantitative estimate of drug-likeness (QED) is 0.621. The third-order valence-electron chi connectivity index (χ3n) is 5.81. The number of carbonyl (C=O) groups is 2. The van der Waals surface area contributed by atoms with Gasteiger partial charge in [-0.2, -0.15) is 0 Å². The summed E-state index contributed by atoms with van der Waals surface area (Å²) in [6, 6.07) is 22.7. The molecule has 1 fully saturated rings. The van der Waals surface area contributed by atoms with Crippen molar-refractivity contribution in [2.24, 2.45) is 5.92 Å². The maximum absolute atomic E-state index is 13.1. The summed E-state index contributed by atoms with van der Waals surface area (Å²) in [7, 11) is 0. The lowest BCUT2D eigenvalue weighted by molar-refractivity contribution is 0.0636. The van der Waals surface area contributed by atoms with Gasteiger partial charge in [-0.1, -0.05) is 60.7 Å². The Hall–Kier alpha value is -3.40. The third-order valence-corrected chi connectivity index (χ3v) is 5.81. The Morgan fingerprint density at radius 3 is 2.27 bits per heavy atom. The molecule has 1 saturated heterocycles. The van der Waals surface area contributed by atoms with Crippen molar-refractivity contribution in [1.82, 2.24) is 4.90 Å². The van der Waals surface area contributed by atoms with Crippen LogP contribution in [0.2, 0.25) is 0 Å². The summed E-state index contributed by atoms with van der Waals surface area (Å²) in [5.41, 5.74) is 4.07. The van der Waals surface area contributed by atoms with Crippen LogP contribution in [0.3, 0.4) is 0 Å². The van der Waals surface area contributed by atoms with E-state index >= 15 is 0 Å². The normalized spacial score (nSPS) is 16.3. The fourth-order valence-electron chi connectivity index (χ4n) is 3.99. The van der Waals surface area contributed by atoms with Crippen molar-refractivity contribution in [2.75, 3.05) is 13.1 Å². The van der Waals surface area contributed by atoms with Gasteiger partial charge in [0.1, 0.15) is 5.75 Å². The van der Waals surface area contributed by atoms with Crippen LogP contribution in [0.15, 0.2) is 72.8 Å². The second-order valence-electron chi connectivity index (χ2n) is 7.90. The first-order valence-corrected chi connectivity index (χ1v) is 10.3. The first kappa shape index (κ1) is 19.9. The highest BCUT2D eigenvalue weighted by molar-refractivity contribution is 5.99. The second-order valence-corrected chi connectivity index (χ2v) is 7.90. The summed E-state index contributed by atoms with van der Waals surface area (Å²) in [6.07, 6.45) is 1.57. The van der Waals surface area contributed by atoms with E-state index < -0.39 is 0 Å². The Labute approximate surface area is 176 Å². The molecular formula is C26H25NO3. The van der Waals surface area contributed by atoms with Gasteiger partial charge in [-0.25, -0.2) is 0 Å². The van der Waals surface area contributed by atoms with Gasteiger partial charge < -0.3 is 10.0 Å². The van der Waals surface area contributed by atoms with Crippen LogP contribution in [-0.2, 0) is 0 Å². The van der Waals surface area contributed by atoms with Gasteiger partial charge in [0.15, 0.2) is 5.78 Å². The smallest absolute Gasteiger partial charge is 0.254 e. The summed E-state index contributed by atoms with van der Waals surface area (Å²) in [5, 5.41) is 9.92. The number of hydrogen-bond acceptors (Lipinski definition) is 3. The van der Waals surface area contributed by atoms with Crippen LogP contribution in [0, 0.1) is 12.8 Å². The molecule has 1 aliphatic rings. The Balaban J connectivity index is 1.47. The van der Waals surface area contributed by atoms with E-state index in [9.17, 15) is 14.7 Å². The third kappa shape index (κ3) is 4.13. The molecule has 0 saturated carbocycles. The number of amides is 1. The predicted molar refractivity (Wildman–Crippen MR) is 118 cm³/mol. The lowest BCUT2D eigenvalue weighted by Crippen LogP contribution is -2.42. The molecule has 0 radical (unpaired) electrons. The molecule has 0 aliphatic carbocycles. The van der Waals surface area contributed by atoms with Gasteiger partial charge in [0.25, 0.3) is 5.91 Å². The van der Waals surface area contributed by atoms with Crippen LogP contribution in [0.5, 0.6) is 5.75 Å². The molecule has 0 spiro atoms. The number of hydrogen-bond donors (Lipinski definition) is 1. The Morgan fingerprint density at radius 1 is 0.900 bits per heavy atom. The van der Waals surface area contributed by atoms with Gasteiger partial charge in [0.2, 0.25) is 0 Å². The zero-order valence-corrected chi connectivity index (χ0v) is 17.0. The number of rotatable bonds is 4. The molecule has 1 heterocycles. The fraction of sp³-hybridized carbons (Fsp3) is 0.231. The highest BCUT2D eigenvalue weighted by atomic mass is 16.3. The Bertz CT molecular complexity index is 1060. The standard InChI is InChI=1S/C26H25NO3/c1-18-9-10-22(16-24(18)28)26(30)27-15-5-8-23(17-27)25(29)21-13-11-20(12-14-21)19-6-3-2-4-7-19/h2-4,6-7,9-14,16,23,28H,5,8,15,17H2,1H3/t23-/m1/s1. The highest BCUT2D eigenvalue weighted by Crippen LogP contribution is 2.26. The van der Waals surface area contributed by atoms with Gasteiger partial charge in [-0.05, 0) is 48.6 Å². The van der Waals surface area contributed by atoms with Crippen LogP contribution in [-0.4, -0.2) is 34.8 Å². The van der Waals surface area contributed by atoms with Crippen molar-refractivity contribution in [3.63, 3.8) is 0 Å². The number of aromatic hydroxyl groups is 1. The van der Waals surface area contributed by atoms with Crippen LogP contribution in [0.4, 0.5) is 0 Å². The molecule has 1 amide bonds. The monoisotopic (exact) mass is 399 g/mol. The average Bonchev–Trinajstić information content (AvgIpc) is 2.80. The number of likely N-dealkylation sites (tertiary alicyclic amines) is 1. The first-order valence-electron chi connectivity index (χ1n) is 10.3. The van der Waals surface area contributed by atoms with Gasteiger partial charge >= 0.3 is 0 Å². The average molecular weight is 399 g/mol. The maximum atomic E-state index is 13.1. The maximum Gasteiger partial charge on any atom is 0.254 e. The van der Waals surface area contributed by atoms with E-state index in [1.165, 1.54) is 6.07 Å². The summed E-state index contributed by atoms with van der Waals surface area (Å²) in [4.78, 5) is 27.7. The van der Waals surface area contributed by atoms with Crippen LogP contribution in [0.25, 0.3) is 11.1 Å². The minimum atomic E-state index is -0.204. The number of nitrogens with zero attached hydrogens (tertiary/aromatic N) is 1. The van der Waals surface area contributed by atoms with Crippen molar-refractivity contribution in [3.8, 4) is 16.9 Å². The summed E-state index contributed by atoms with van der Waals surface area (Å²) in [5.74, 6) is -0.144. The van der Waals surface area contributed by atoms with E-state index in [4.69, 9.17) is 0 Å². The number of ketones is 1. The van der Waals surface area contributed by atoms with Crippen molar-refractivity contribution >= 4 is 11.7 Å². The van der Waals surface area contributed by atoms with E-state index in [0.29, 0.717) is 24.2 Å². The molecule has 0 aromatic heterocycles. The first-order chi connectivity index (χ1) is 14.5. The molecule has 4 heteroatoms. The van der Waals surface area contributed by atoms with Crippen molar-refractivity contribution in [1.29, 1.82) is 0 Å². The van der Waals surface area contributed by atoms with E-state index in [0.717, 1.165) is 29.5 Å². The van der Waals surface area contributed by atoms with Crippen LogP contribution in [0.1, 0.15) is 39.1 Å². The number of Topliss-reactive ketones (excluding diaryl/α,β-unsaturated/α-hetero) is 1. The van der Waals surface area contributed by atoms with Gasteiger partial charge in [-0.15, -0.1) is 0 Å². The number of piperidine rings is 1. The number of phenolic OH excluding ortho intramolecular Hbond substituents is 1. The number of carbonyl (C=O) groups excluding carboxylic acids is 2. The molecule has 3 aromatic carbocycles. The van der Waals surface area contributed by atoms with E-state index in [1.807, 2.05) is 54.6 Å². The molecule has 0 unspecified atom stereocenters. The largest absolute Gasteiger partial charge is 0.508 e. The number of phenols is 1. The van der Waals surface area contributed by atoms with Crippen LogP contribution >= 0.6 is 0 Å². The van der Waals surface area contributed by atoms with Gasteiger partial charge in [-0.3, -0.25) is 9.59 Å². The molecule has 4 rings (SSSR count). The highest BCUT2D eigenvalue weighted by Gasteiger charge is 2.29. The molecule has 4 nitrogen and oxygen atoms in total. The lowest BCUT2D eigenvalue weighted by atomic mass is 9.89. The number of benzene rings is 3. The Kier molecular flexibility index (Phi) is 5.66. The summed E-state index contributed by atoms with van der Waals surface area (Å²) in [6.45, 7) is 2.83. The van der Waals surface area contributed by atoms with Gasteiger partial charge in [0, 0.05) is 30.1 Å². The molecule has 0 bridgehead atoms. The fourth-order valence-corrected chi connectivity index (χ4v) is 3.99. The van der Waals surface area contributed by atoms with E-state index in [1.54, 1.807) is 24.0 Å². The second kappa shape index (κ2) is 8.54. The number of aryl methyl sites for hydroxylation is 1. The summed E-state index contributed by atoms with van der Waals surface area (Å²) < 4.78 is 0. The molecule has 152 valence electrons. The van der Waals surface area contributed by atoms with Gasteiger partial charge in [0.05, 0.1) is 0 Å². The molecule has 3 aromatic rings. The van der Waals surface area contributed by atoms with Crippen molar-refractivity contribution < 1.29 is 14.7 Å². The Morgan fingerprint density at radius 2 is 1.57 bits per heavy atom. The molecule has 1 atom stereocenters. The minimum absolute atomic E-state index is 0.0823.